The van der Waals surface area contributed by atoms with Gasteiger partial charge in [0.2, 0.25) is 0 Å². The van der Waals surface area contributed by atoms with Crippen molar-refractivity contribution in [1.29, 1.82) is 0 Å². The normalized spacial score (nSPS) is 19.7. The van der Waals surface area contributed by atoms with E-state index in [-0.39, 0.29) is 35.8 Å². The number of ketones is 1. The Kier molecular flexibility index (Phi) is 8.39. The number of nitrogens with one attached hydrogen (secondary N) is 1. The molecule has 0 spiro atoms. The van der Waals surface area contributed by atoms with Crippen molar-refractivity contribution in [3.8, 4) is 5.75 Å². The third kappa shape index (κ3) is 6.12. The van der Waals surface area contributed by atoms with E-state index in [1.54, 1.807) is 24.3 Å². The van der Waals surface area contributed by atoms with E-state index in [0.29, 0.717) is 5.75 Å². The van der Waals surface area contributed by atoms with Gasteiger partial charge in [0.15, 0.2) is 12.7 Å². The second-order valence-electron chi connectivity index (χ2n) is 9.71. The van der Waals surface area contributed by atoms with Gasteiger partial charge in [-0.1, -0.05) is 78.9 Å². The highest BCUT2D eigenvalue weighted by atomic mass is 32.2. The van der Waals surface area contributed by atoms with Gasteiger partial charge in [-0.3, -0.25) is 23.5 Å². The van der Waals surface area contributed by atoms with Crippen molar-refractivity contribution in [3.05, 3.63) is 113 Å². The van der Waals surface area contributed by atoms with Gasteiger partial charge in [-0.05, 0) is 35.8 Å². The molecule has 3 atom stereocenters. The van der Waals surface area contributed by atoms with Gasteiger partial charge < -0.3 is 14.8 Å². The zero-order valence-corrected chi connectivity index (χ0v) is 23.0. The molecule has 0 bridgehead atoms. The molecular weight excluding hydrogens is 544 g/mol. The number of hydrogen-bond donors (Lipinski definition) is 1. The highest BCUT2D eigenvalue weighted by molar-refractivity contribution is 7.86. The lowest BCUT2D eigenvalue weighted by Crippen LogP contribution is -2.74. The van der Waals surface area contributed by atoms with Crippen molar-refractivity contribution >= 4 is 34.4 Å². The molecule has 41 heavy (non-hydrogen) atoms. The number of esters is 1. The van der Waals surface area contributed by atoms with E-state index in [9.17, 15) is 23.4 Å². The Hall–Kier alpha value is -4.57. The number of β-lactam (4-membered cyclic amide) rings is 1. The number of fused-ring (bicyclic) bond motifs is 1. The summed E-state index contributed by atoms with van der Waals surface area (Å²) in [4.78, 5) is 52.9. The summed E-state index contributed by atoms with van der Waals surface area (Å²) in [6, 6.07) is 25.9. The molecule has 3 unspecified atom stereocenters. The van der Waals surface area contributed by atoms with Crippen LogP contribution in [0.15, 0.2) is 102 Å². The van der Waals surface area contributed by atoms with Gasteiger partial charge in [-0.2, -0.15) is 0 Å². The Morgan fingerprint density at radius 2 is 1.49 bits per heavy atom. The van der Waals surface area contributed by atoms with Gasteiger partial charge in [0.05, 0.1) is 10.8 Å². The van der Waals surface area contributed by atoms with Crippen molar-refractivity contribution in [2.24, 2.45) is 0 Å². The third-order valence-corrected chi connectivity index (χ3v) is 8.37. The minimum atomic E-state index is -1.67. The zero-order valence-electron chi connectivity index (χ0n) is 22.2. The van der Waals surface area contributed by atoms with Gasteiger partial charge in [-0.25, -0.2) is 4.79 Å². The lowest BCUT2D eigenvalue weighted by Gasteiger charge is -2.49. The fourth-order valence-electron chi connectivity index (χ4n) is 4.91. The second-order valence-corrected chi connectivity index (χ2v) is 11.2. The number of ether oxygens (including phenoxy) is 2. The van der Waals surface area contributed by atoms with Gasteiger partial charge in [0.1, 0.15) is 28.6 Å². The van der Waals surface area contributed by atoms with Gasteiger partial charge in [0, 0.05) is 12.2 Å². The summed E-state index contributed by atoms with van der Waals surface area (Å²) in [5.41, 5.74) is 1.60. The van der Waals surface area contributed by atoms with E-state index in [1.165, 1.54) is 6.92 Å². The molecule has 0 radical (unpaired) electrons. The van der Waals surface area contributed by atoms with Gasteiger partial charge in [0.25, 0.3) is 11.8 Å². The molecule has 2 heterocycles. The van der Waals surface area contributed by atoms with Crippen LogP contribution >= 0.6 is 0 Å². The van der Waals surface area contributed by atoms with Crippen molar-refractivity contribution in [2.75, 3.05) is 12.4 Å². The molecule has 0 aliphatic carbocycles. The Morgan fingerprint density at radius 1 is 0.927 bits per heavy atom. The van der Waals surface area contributed by atoms with Crippen LogP contribution in [-0.4, -0.2) is 56.5 Å². The molecule has 2 aliphatic heterocycles. The summed E-state index contributed by atoms with van der Waals surface area (Å²) in [7, 11) is -1.67. The fourth-order valence-corrected chi connectivity index (χ4v) is 6.59. The molecule has 9 nitrogen and oxygen atoms in total. The zero-order chi connectivity index (χ0) is 28.9. The Balaban J connectivity index is 1.39. The molecule has 210 valence electrons. The van der Waals surface area contributed by atoms with E-state index in [1.807, 2.05) is 66.7 Å². The molecule has 10 heteroatoms. The van der Waals surface area contributed by atoms with E-state index < -0.39 is 46.1 Å². The lowest BCUT2D eigenvalue weighted by molar-refractivity contribution is -0.155. The lowest BCUT2D eigenvalue weighted by atomic mass is 9.99. The number of para-hydroxylation sites is 1. The van der Waals surface area contributed by atoms with E-state index in [2.05, 4.69) is 5.32 Å². The van der Waals surface area contributed by atoms with Crippen LogP contribution in [0.3, 0.4) is 0 Å². The monoisotopic (exact) mass is 572 g/mol. The van der Waals surface area contributed by atoms with Crippen molar-refractivity contribution in [2.45, 2.75) is 30.9 Å². The number of nitrogens with zero attached hydrogens (tertiary/aromatic N) is 1. The number of rotatable bonds is 10. The molecule has 2 aliphatic rings. The quantitative estimate of drug-likeness (QED) is 0.293. The number of hydrogen-bond acceptors (Lipinski definition) is 7. The SMILES string of the molecule is CC(=O)CC1=C(C(=O)OC(c2ccccc2)c2ccccc2)N2C(=O)C(NC(=O)COc3ccccc3)C2S(=O)C1. The summed E-state index contributed by atoms with van der Waals surface area (Å²) in [5, 5.41) is 1.61. The average molecular weight is 573 g/mol. The van der Waals surface area contributed by atoms with E-state index >= 15 is 0 Å². The van der Waals surface area contributed by atoms with Crippen molar-refractivity contribution < 1.29 is 32.9 Å². The number of carbonyl (C=O) groups excluding carboxylic acids is 4. The van der Waals surface area contributed by atoms with E-state index in [4.69, 9.17) is 9.47 Å². The number of carbonyl (C=O) groups is 4. The summed E-state index contributed by atoms with van der Waals surface area (Å²) in [6.07, 6.45) is -0.945. The first-order chi connectivity index (χ1) is 19.8. The molecule has 1 N–H and O–H groups in total. The smallest absolute Gasteiger partial charge is 0.356 e. The molecular formula is C31H28N2O7S. The molecule has 2 amide bonds. The maximum absolute atomic E-state index is 13.8. The first kappa shape index (κ1) is 28.0. The molecule has 1 fully saturated rings. The first-order valence-corrected chi connectivity index (χ1v) is 14.4. The summed E-state index contributed by atoms with van der Waals surface area (Å²) >= 11 is 0. The highest BCUT2D eigenvalue weighted by Crippen LogP contribution is 2.38. The van der Waals surface area contributed by atoms with Crippen LogP contribution in [0.25, 0.3) is 0 Å². The van der Waals surface area contributed by atoms with Gasteiger partial charge in [-0.15, -0.1) is 0 Å². The topological polar surface area (TPSA) is 119 Å². The second kappa shape index (κ2) is 12.3. The van der Waals surface area contributed by atoms with Gasteiger partial charge >= 0.3 is 5.97 Å². The van der Waals surface area contributed by atoms with Crippen LogP contribution in [0.2, 0.25) is 0 Å². The molecule has 5 rings (SSSR count). The Labute approximate surface area is 239 Å². The summed E-state index contributed by atoms with van der Waals surface area (Å²) in [6.45, 7) is 1.01. The highest BCUT2D eigenvalue weighted by Gasteiger charge is 2.57. The summed E-state index contributed by atoms with van der Waals surface area (Å²) in [5.74, 6) is -1.86. The maximum atomic E-state index is 13.8. The Morgan fingerprint density at radius 3 is 2.05 bits per heavy atom. The molecule has 0 aromatic heterocycles. The predicted octanol–water partition coefficient (Wildman–Crippen LogP) is 3.05. The fraction of sp³-hybridized carbons (Fsp3) is 0.226. The summed E-state index contributed by atoms with van der Waals surface area (Å²) < 4.78 is 24.7. The largest absolute Gasteiger partial charge is 0.484 e. The van der Waals surface area contributed by atoms with Crippen molar-refractivity contribution in [3.63, 3.8) is 0 Å². The molecule has 3 aromatic carbocycles. The maximum Gasteiger partial charge on any atom is 0.356 e. The van der Waals surface area contributed by atoms with Crippen LogP contribution < -0.4 is 10.1 Å². The average Bonchev–Trinajstić information content (AvgIpc) is 2.98. The Bertz CT molecular complexity index is 1470. The van der Waals surface area contributed by atoms with Crippen molar-refractivity contribution in [1.82, 2.24) is 10.2 Å². The van der Waals surface area contributed by atoms with Crippen LogP contribution in [0.5, 0.6) is 5.75 Å². The predicted molar refractivity (Wildman–Crippen MR) is 151 cm³/mol. The first-order valence-electron chi connectivity index (χ1n) is 13.0. The van der Waals surface area contributed by atoms with Crippen LogP contribution in [-0.2, 0) is 34.7 Å². The third-order valence-electron chi connectivity index (χ3n) is 6.72. The number of amides is 2. The molecule has 3 aromatic rings. The van der Waals surface area contributed by atoms with Crippen LogP contribution in [0.1, 0.15) is 30.6 Å². The minimum Gasteiger partial charge on any atom is -0.484 e. The standard InChI is InChI=1S/C31H28N2O7S/c1-20(34)17-23-19-41(38)30-26(32-25(35)18-39-24-15-9-4-10-16-24)29(36)33(30)27(23)31(37)40-28(21-11-5-2-6-12-21)22-13-7-3-8-14-22/h2-16,26,28,30H,17-19H2,1H3,(H,32,35). The molecule has 0 saturated carbocycles. The van der Waals surface area contributed by atoms with E-state index in [0.717, 1.165) is 16.0 Å². The van der Waals surface area contributed by atoms with Crippen LogP contribution in [0, 0.1) is 0 Å². The van der Waals surface area contributed by atoms with Crippen LogP contribution in [0.4, 0.5) is 0 Å². The number of Topliss-reactive ketones (excluding diaryl/α,β-unsaturated/α-hetero) is 1. The minimum absolute atomic E-state index is 0.0994. The number of benzene rings is 3. The molecule has 1 saturated heterocycles.